The fourth-order valence-electron chi connectivity index (χ4n) is 6.39. The Morgan fingerprint density at radius 1 is 0.980 bits per heavy atom. The Bertz CT molecular complexity index is 1760. The van der Waals surface area contributed by atoms with Gasteiger partial charge in [0.2, 0.25) is 0 Å². The molecule has 0 unspecified atom stereocenters. The molecule has 49 heavy (non-hydrogen) atoms. The number of anilines is 1. The minimum atomic E-state index is -4.62. The summed E-state index contributed by atoms with van der Waals surface area (Å²) < 4.78 is 42.5. The number of nitrogens with zero attached hydrogens (tertiary/aromatic N) is 2. The first-order valence-corrected chi connectivity index (χ1v) is 17.2. The Kier molecular flexibility index (Phi) is 16.5. The Morgan fingerprint density at radius 3 is 2.39 bits per heavy atom. The molecule has 1 N–H and O–H groups in total. The molecule has 0 atom stereocenters. The molecule has 0 fully saturated rings. The molecule has 12 heteroatoms. The van der Waals surface area contributed by atoms with Crippen LogP contribution < -0.4 is 64.0 Å². The van der Waals surface area contributed by atoms with Crippen LogP contribution in [0.15, 0.2) is 89.5 Å². The number of hydrogen-bond donors (Lipinski definition) is 1. The van der Waals surface area contributed by atoms with Crippen LogP contribution in [0.2, 0.25) is 0 Å². The van der Waals surface area contributed by atoms with Gasteiger partial charge in [-0.1, -0.05) is 63.6 Å². The van der Waals surface area contributed by atoms with E-state index in [1.165, 1.54) is 23.4 Å². The number of carbonyl (C=O) groups is 2. The van der Waals surface area contributed by atoms with Crippen molar-refractivity contribution in [3.8, 4) is 0 Å². The molecule has 0 bridgehead atoms. The third-order valence-corrected chi connectivity index (χ3v) is 9.66. The van der Waals surface area contributed by atoms with Gasteiger partial charge in [-0.3, -0.25) is 9.59 Å². The third-order valence-electron chi connectivity index (χ3n) is 8.83. The van der Waals surface area contributed by atoms with Gasteiger partial charge >= 0.3 is 65.1 Å². The van der Waals surface area contributed by atoms with Crippen molar-refractivity contribution < 1.29 is 96.1 Å². The number of aliphatic carboxylic acids is 1. The summed E-state index contributed by atoms with van der Waals surface area (Å²) in [6, 6.07) is 13.7. The predicted octanol–water partition coefficient (Wildman–Crippen LogP) is 0.333. The maximum Gasteiger partial charge on any atom is 1.00 e. The zero-order valence-electron chi connectivity index (χ0n) is 29.4. The molecular weight excluding hydrogens is 662 g/mol. The molecule has 0 spiro atoms. The first-order chi connectivity index (χ1) is 22.3. The molecule has 9 nitrogen and oxygen atoms in total. The summed E-state index contributed by atoms with van der Waals surface area (Å²) in [5.41, 5.74) is 5.22. The van der Waals surface area contributed by atoms with Crippen LogP contribution >= 0.6 is 0 Å². The van der Waals surface area contributed by atoms with Gasteiger partial charge in [0.25, 0.3) is 6.47 Å². The molecule has 0 aromatic heterocycles. The van der Waals surface area contributed by atoms with Crippen LogP contribution in [0.3, 0.4) is 0 Å². The number of benzene rings is 2. The number of ether oxygens (including phenoxy) is 1. The van der Waals surface area contributed by atoms with E-state index in [-0.39, 0.29) is 75.8 Å². The van der Waals surface area contributed by atoms with Crippen molar-refractivity contribution in [1.29, 1.82) is 0 Å². The molecule has 2 heterocycles. The van der Waals surface area contributed by atoms with Crippen molar-refractivity contribution in [2.75, 3.05) is 24.6 Å². The van der Waals surface area contributed by atoms with E-state index >= 15 is 0 Å². The normalized spacial score (nSPS) is 17.0. The summed E-state index contributed by atoms with van der Waals surface area (Å²) in [5, 5.41) is 9.06. The predicted molar refractivity (Wildman–Crippen MR) is 181 cm³/mol. The van der Waals surface area contributed by atoms with Gasteiger partial charge in [0.15, 0.2) is 5.71 Å². The van der Waals surface area contributed by atoms with Crippen LogP contribution in [0, 0.1) is 6.07 Å². The van der Waals surface area contributed by atoms with Gasteiger partial charge in [0.05, 0.1) is 11.5 Å². The Hall–Kier alpha value is -2.28. The molecule has 2 aliphatic heterocycles. The van der Waals surface area contributed by atoms with Crippen LogP contribution in [0.1, 0.15) is 70.9 Å². The topological polar surface area (TPSA) is 127 Å². The van der Waals surface area contributed by atoms with Crippen LogP contribution in [0.25, 0.3) is 0 Å². The molecule has 0 saturated heterocycles. The second-order valence-corrected chi connectivity index (χ2v) is 14.1. The van der Waals surface area contributed by atoms with Gasteiger partial charge in [-0.05, 0) is 49.1 Å². The van der Waals surface area contributed by atoms with Gasteiger partial charge in [0.1, 0.15) is 22.4 Å². The minimum absolute atomic E-state index is 0. The molecule has 2 aliphatic rings. The summed E-state index contributed by atoms with van der Waals surface area (Å²) in [7, 11) is -4.62. The first-order valence-electron chi connectivity index (χ1n) is 15.8. The van der Waals surface area contributed by atoms with Crippen LogP contribution in [0.5, 0.6) is 0 Å². The number of carboxylic acids is 1. The van der Waals surface area contributed by atoms with Crippen molar-refractivity contribution in [1.82, 2.24) is 0 Å². The summed E-state index contributed by atoms with van der Waals surface area (Å²) in [4.78, 5) is 23.3. The van der Waals surface area contributed by atoms with Crippen molar-refractivity contribution in [3.05, 3.63) is 102 Å². The Balaban J connectivity index is 0.00000417. The maximum absolute atomic E-state index is 11.8. The fraction of sp³-hybridized carbons (Fsp3) is 0.378. The fourth-order valence-corrected chi connectivity index (χ4v) is 6.89. The van der Waals surface area contributed by atoms with Crippen molar-refractivity contribution in [2.45, 2.75) is 75.5 Å². The molecule has 0 radical (unpaired) electrons. The van der Waals surface area contributed by atoms with Gasteiger partial charge < -0.3 is 19.3 Å². The van der Waals surface area contributed by atoms with E-state index in [0.717, 1.165) is 42.0 Å². The average Bonchev–Trinajstić information content (AvgIpc) is 3.36. The van der Waals surface area contributed by atoms with E-state index in [1.54, 1.807) is 6.07 Å². The van der Waals surface area contributed by atoms with E-state index in [2.05, 4.69) is 41.5 Å². The summed E-state index contributed by atoms with van der Waals surface area (Å²) in [6.45, 7) is 10.6. The second-order valence-electron chi connectivity index (χ2n) is 12.7. The van der Waals surface area contributed by atoms with E-state index in [4.69, 9.17) is 9.84 Å². The SMILES string of the molecule is CC1(C)C(/C=C/C=C/C=C/C=C2/N(CCCCC(=O)O)c3ccc(S(=O)(=O)[O-])cc3C2(C)C)=[N+](CCCCOC=O)c2cc[c-]cc21.[Na+].[Na+]. The summed E-state index contributed by atoms with van der Waals surface area (Å²) in [6.07, 6.45) is 16.7. The summed E-state index contributed by atoms with van der Waals surface area (Å²) in [5.74, 6) is -0.844. The van der Waals surface area contributed by atoms with Gasteiger partial charge in [-0.15, -0.1) is 6.07 Å². The maximum atomic E-state index is 11.8. The zero-order chi connectivity index (χ0) is 34.2. The molecule has 0 amide bonds. The smallest absolute Gasteiger partial charge is 0.744 e. The van der Waals surface area contributed by atoms with Crippen molar-refractivity contribution in [2.24, 2.45) is 0 Å². The summed E-state index contributed by atoms with van der Waals surface area (Å²) >= 11 is 0. The number of hydrogen-bond acceptors (Lipinski definition) is 7. The average molecular weight is 706 g/mol. The standard InChI is InChI=1S/C37H44N2O7S.2Na/c1-36(2)29-16-10-11-17-31(29)38(24-14-15-25-46-27-40)33(36)18-8-6-5-7-9-19-34-37(3,4)30-26-28(47(43,44)45)21-22-32(30)39(34)23-13-12-20-35(41)42;;/h5-9,11,16-19,21-22,26-27H,12-15,20,23-25H2,1-4H3,(H,41,42)(H,43,44,45);;/q;2*+1/p-1. The van der Waals surface area contributed by atoms with Crippen molar-refractivity contribution >= 4 is 39.6 Å². The van der Waals surface area contributed by atoms with Gasteiger partial charge in [-0.2, -0.15) is 18.2 Å². The molecular formula is C37H43N2Na2O7S+. The van der Waals surface area contributed by atoms with E-state index in [9.17, 15) is 22.6 Å². The van der Waals surface area contributed by atoms with Crippen LogP contribution in [0.4, 0.5) is 11.4 Å². The number of rotatable bonds is 16. The number of unbranched alkanes of at least 4 members (excludes halogenated alkanes) is 2. The first kappa shape index (κ1) is 42.9. The number of carbonyl (C=O) groups excluding carboxylic acids is 1. The van der Waals surface area contributed by atoms with E-state index in [1.807, 2.05) is 62.4 Å². The third kappa shape index (κ3) is 10.4. The van der Waals surface area contributed by atoms with Gasteiger partial charge in [-0.25, -0.2) is 13.0 Å². The largest absolute Gasteiger partial charge is 1.00 e. The molecule has 4 rings (SSSR count). The molecule has 0 saturated carbocycles. The number of allylic oxidation sites excluding steroid dienone is 8. The zero-order valence-corrected chi connectivity index (χ0v) is 34.3. The quantitative estimate of drug-likeness (QED) is 0.0504. The van der Waals surface area contributed by atoms with E-state index in [0.29, 0.717) is 32.5 Å². The van der Waals surface area contributed by atoms with Gasteiger partial charge in [0, 0.05) is 47.7 Å². The Morgan fingerprint density at radius 2 is 1.69 bits per heavy atom. The van der Waals surface area contributed by atoms with Crippen molar-refractivity contribution in [3.63, 3.8) is 0 Å². The van der Waals surface area contributed by atoms with Crippen LogP contribution in [-0.2, 0) is 35.3 Å². The molecule has 2 aromatic rings. The van der Waals surface area contributed by atoms with E-state index < -0.39 is 21.5 Å². The van der Waals surface area contributed by atoms with Crippen LogP contribution in [-0.4, -0.2) is 60.5 Å². The molecule has 0 aliphatic carbocycles. The second kappa shape index (κ2) is 18.8. The number of carboxylic acid groups (broad SMARTS) is 1. The monoisotopic (exact) mass is 705 g/mol. The molecule has 250 valence electrons. The Labute approximate surface area is 334 Å². The number of fused-ring (bicyclic) bond motifs is 2. The minimum Gasteiger partial charge on any atom is -0.744 e. The molecule has 2 aromatic carbocycles.